The molecule has 0 spiro atoms. The number of ketones is 1. The molecule has 25 heavy (non-hydrogen) atoms. The molecule has 0 bridgehead atoms. The Kier molecular flexibility index (Phi) is 5.73. The zero-order chi connectivity index (χ0) is 17.8. The summed E-state index contributed by atoms with van der Waals surface area (Å²) in [7, 11) is 0. The number of nitrogens with one attached hydrogen (secondary N) is 1. The van der Waals surface area contributed by atoms with E-state index >= 15 is 0 Å². The molecule has 0 fully saturated rings. The van der Waals surface area contributed by atoms with E-state index < -0.39 is 0 Å². The van der Waals surface area contributed by atoms with Gasteiger partial charge in [0.15, 0.2) is 10.1 Å². The molecule has 128 valence electrons. The first-order valence-corrected chi connectivity index (χ1v) is 9.79. The quantitative estimate of drug-likeness (QED) is 0.444. The summed E-state index contributed by atoms with van der Waals surface area (Å²) >= 11 is 8.67. The number of carbonyl (C=O) groups excluding carboxylic acids is 1. The Hall–Kier alpha value is -1.89. The second kappa shape index (κ2) is 7.99. The van der Waals surface area contributed by atoms with Crippen LogP contribution < -0.4 is 5.32 Å². The fourth-order valence-electron chi connectivity index (χ4n) is 2.17. The molecule has 0 saturated carbocycles. The van der Waals surface area contributed by atoms with Crippen molar-refractivity contribution in [3.05, 3.63) is 64.2 Å². The third-order valence-electron chi connectivity index (χ3n) is 3.75. The third-order valence-corrected chi connectivity index (χ3v) is 5.97. The van der Waals surface area contributed by atoms with Gasteiger partial charge in [-0.05, 0) is 55.3 Å². The smallest absolute Gasteiger partial charge is 0.210 e. The second-order valence-corrected chi connectivity index (χ2v) is 8.10. The number of anilines is 2. The van der Waals surface area contributed by atoms with Gasteiger partial charge in [0.1, 0.15) is 0 Å². The van der Waals surface area contributed by atoms with Crippen molar-refractivity contribution in [3.8, 4) is 0 Å². The highest BCUT2D eigenvalue weighted by Gasteiger charge is 2.11. The average Bonchev–Trinajstić information content (AvgIpc) is 3.05. The van der Waals surface area contributed by atoms with Gasteiger partial charge in [-0.3, -0.25) is 4.79 Å². The largest absolute Gasteiger partial charge is 0.330 e. The van der Waals surface area contributed by atoms with Gasteiger partial charge in [0.2, 0.25) is 5.13 Å². The lowest BCUT2D eigenvalue weighted by molar-refractivity contribution is 0.102. The van der Waals surface area contributed by atoms with E-state index in [-0.39, 0.29) is 5.78 Å². The van der Waals surface area contributed by atoms with Gasteiger partial charge in [0.25, 0.3) is 0 Å². The number of carbonyl (C=O) groups is 1. The maximum atomic E-state index is 12.2. The molecule has 0 aliphatic rings. The molecule has 0 amide bonds. The van der Waals surface area contributed by atoms with Crippen LogP contribution in [0.3, 0.4) is 0 Å². The Morgan fingerprint density at radius 1 is 1.16 bits per heavy atom. The molecule has 0 radical (unpaired) electrons. The van der Waals surface area contributed by atoms with Crippen molar-refractivity contribution in [2.75, 3.05) is 11.1 Å². The predicted octanol–water partition coefficient (Wildman–Crippen LogP) is 5.53. The maximum Gasteiger partial charge on any atom is 0.210 e. The van der Waals surface area contributed by atoms with Crippen molar-refractivity contribution in [1.82, 2.24) is 10.2 Å². The number of aryl methyl sites for hydroxylation is 1. The second-order valence-electron chi connectivity index (χ2n) is 5.46. The van der Waals surface area contributed by atoms with Crippen LogP contribution in [0.1, 0.15) is 21.5 Å². The van der Waals surface area contributed by atoms with E-state index in [2.05, 4.69) is 35.4 Å². The molecule has 0 atom stereocenters. The Balaban J connectivity index is 1.61. The van der Waals surface area contributed by atoms with Gasteiger partial charge in [-0.25, -0.2) is 0 Å². The highest BCUT2D eigenvalue weighted by molar-refractivity contribution is 8.01. The van der Waals surface area contributed by atoms with Crippen LogP contribution in [-0.4, -0.2) is 21.7 Å². The van der Waals surface area contributed by atoms with Crippen LogP contribution in [0.25, 0.3) is 0 Å². The summed E-state index contributed by atoms with van der Waals surface area (Å²) in [5.74, 6) is 0.362. The molecule has 3 rings (SSSR count). The number of halogens is 1. The molecule has 0 aliphatic carbocycles. The third kappa shape index (κ3) is 4.60. The molecule has 7 heteroatoms. The molecule has 2 aromatic carbocycles. The van der Waals surface area contributed by atoms with Gasteiger partial charge in [-0.2, -0.15) is 0 Å². The number of Topliss-reactive ketones (excluding diaryl/α,β-unsaturated/α-hetero) is 1. The van der Waals surface area contributed by atoms with Gasteiger partial charge >= 0.3 is 0 Å². The number of hydrogen-bond donors (Lipinski definition) is 1. The van der Waals surface area contributed by atoms with Gasteiger partial charge in [0, 0.05) is 16.3 Å². The van der Waals surface area contributed by atoms with Crippen LogP contribution in [0.4, 0.5) is 10.8 Å². The first-order valence-electron chi connectivity index (χ1n) is 7.61. The standard InChI is InChI=1S/C18H16ClN3OS2/c1-11-4-3-5-15(12(11)2)20-17-21-22-18(25-17)24-10-16(23)13-6-8-14(19)9-7-13/h3-9H,10H2,1-2H3,(H,20,21). The van der Waals surface area contributed by atoms with Crippen LogP contribution >= 0.6 is 34.7 Å². The number of hydrogen-bond acceptors (Lipinski definition) is 6. The topological polar surface area (TPSA) is 54.9 Å². The van der Waals surface area contributed by atoms with E-state index in [1.54, 1.807) is 24.3 Å². The number of nitrogens with zero attached hydrogens (tertiary/aromatic N) is 2. The van der Waals surface area contributed by atoms with Crippen molar-refractivity contribution in [2.45, 2.75) is 18.2 Å². The summed E-state index contributed by atoms with van der Waals surface area (Å²) in [6.45, 7) is 4.14. The fourth-order valence-corrected chi connectivity index (χ4v) is 3.95. The first-order chi connectivity index (χ1) is 12.0. The van der Waals surface area contributed by atoms with Crippen molar-refractivity contribution in [3.63, 3.8) is 0 Å². The molecular weight excluding hydrogens is 374 g/mol. The Morgan fingerprint density at radius 3 is 2.68 bits per heavy atom. The lowest BCUT2D eigenvalue weighted by Crippen LogP contribution is -2.01. The normalized spacial score (nSPS) is 10.7. The average molecular weight is 390 g/mol. The van der Waals surface area contributed by atoms with Crippen LogP contribution in [0.5, 0.6) is 0 Å². The van der Waals surface area contributed by atoms with E-state index in [9.17, 15) is 4.79 Å². The lowest BCUT2D eigenvalue weighted by Gasteiger charge is -2.08. The Morgan fingerprint density at radius 2 is 1.92 bits per heavy atom. The summed E-state index contributed by atoms with van der Waals surface area (Å²) < 4.78 is 0.759. The summed E-state index contributed by atoms with van der Waals surface area (Å²) in [6.07, 6.45) is 0. The highest BCUT2D eigenvalue weighted by Crippen LogP contribution is 2.29. The lowest BCUT2D eigenvalue weighted by atomic mass is 10.1. The Bertz CT molecular complexity index is 894. The monoisotopic (exact) mass is 389 g/mol. The molecule has 1 aromatic heterocycles. The van der Waals surface area contributed by atoms with E-state index in [0.717, 1.165) is 15.2 Å². The molecule has 0 saturated heterocycles. The van der Waals surface area contributed by atoms with E-state index in [1.807, 2.05) is 12.1 Å². The minimum absolute atomic E-state index is 0.0425. The summed E-state index contributed by atoms with van der Waals surface area (Å²) in [5, 5.41) is 12.9. The van der Waals surface area contributed by atoms with Crippen molar-refractivity contribution in [2.24, 2.45) is 0 Å². The van der Waals surface area contributed by atoms with Gasteiger partial charge in [0.05, 0.1) is 5.75 Å². The Labute approximate surface area is 159 Å². The summed E-state index contributed by atoms with van der Waals surface area (Å²) in [5.41, 5.74) is 4.07. The molecule has 4 nitrogen and oxygen atoms in total. The zero-order valence-corrected chi connectivity index (χ0v) is 16.1. The van der Waals surface area contributed by atoms with Gasteiger partial charge < -0.3 is 5.32 Å². The zero-order valence-electron chi connectivity index (χ0n) is 13.7. The molecule has 0 unspecified atom stereocenters. The first kappa shape index (κ1) is 17.9. The predicted molar refractivity (Wildman–Crippen MR) is 106 cm³/mol. The van der Waals surface area contributed by atoms with Gasteiger partial charge in [-0.15, -0.1) is 10.2 Å². The van der Waals surface area contributed by atoms with Crippen LogP contribution in [-0.2, 0) is 0 Å². The van der Waals surface area contributed by atoms with E-state index in [0.29, 0.717) is 16.3 Å². The highest BCUT2D eigenvalue weighted by atomic mass is 35.5. The number of thioether (sulfide) groups is 1. The minimum atomic E-state index is 0.0425. The van der Waals surface area contributed by atoms with Crippen molar-refractivity contribution >= 4 is 51.3 Å². The van der Waals surface area contributed by atoms with Crippen LogP contribution in [0, 0.1) is 13.8 Å². The van der Waals surface area contributed by atoms with E-state index in [4.69, 9.17) is 11.6 Å². The number of aromatic nitrogens is 2. The molecule has 0 aliphatic heterocycles. The minimum Gasteiger partial charge on any atom is -0.330 e. The van der Waals surface area contributed by atoms with Crippen LogP contribution in [0.2, 0.25) is 5.02 Å². The summed E-state index contributed by atoms with van der Waals surface area (Å²) in [6, 6.07) is 13.0. The summed E-state index contributed by atoms with van der Waals surface area (Å²) in [4.78, 5) is 12.2. The molecule has 3 aromatic rings. The van der Waals surface area contributed by atoms with Crippen molar-refractivity contribution < 1.29 is 4.79 Å². The number of rotatable bonds is 6. The van der Waals surface area contributed by atoms with Crippen molar-refractivity contribution in [1.29, 1.82) is 0 Å². The number of benzene rings is 2. The molecular formula is C18H16ClN3OS2. The SMILES string of the molecule is Cc1cccc(Nc2nnc(SCC(=O)c3ccc(Cl)cc3)s2)c1C. The fraction of sp³-hybridized carbons (Fsp3) is 0.167. The van der Waals surface area contributed by atoms with Crippen LogP contribution in [0.15, 0.2) is 46.8 Å². The molecule has 1 heterocycles. The molecule has 1 N–H and O–H groups in total. The maximum absolute atomic E-state index is 12.2. The van der Waals surface area contributed by atoms with E-state index in [1.165, 1.54) is 34.2 Å². The van der Waals surface area contributed by atoms with Gasteiger partial charge in [-0.1, -0.05) is 46.8 Å².